The van der Waals surface area contributed by atoms with E-state index in [1.807, 2.05) is 6.92 Å². The summed E-state index contributed by atoms with van der Waals surface area (Å²) < 4.78 is 34.3. The second-order valence-electron chi connectivity index (χ2n) is 7.93. The number of methoxy groups -OCH3 is 3. The molecule has 0 fully saturated rings. The summed E-state index contributed by atoms with van der Waals surface area (Å²) in [5.41, 5.74) is 1.76. The van der Waals surface area contributed by atoms with Crippen molar-refractivity contribution >= 4 is 16.9 Å². The van der Waals surface area contributed by atoms with Gasteiger partial charge in [0.15, 0.2) is 11.6 Å². The van der Waals surface area contributed by atoms with Crippen LogP contribution >= 0.6 is 0 Å². The Balaban J connectivity index is 1.79. The number of anilines is 1. The smallest absolute Gasteiger partial charge is 0.241 e. The number of para-hydroxylation sites is 1. The lowest BCUT2D eigenvalue weighted by molar-refractivity contribution is 0.168. The van der Waals surface area contributed by atoms with Crippen LogP contribution in [0.2, 0.25) is 0 Å². The lowest BCUT2D eigenvalue weighted by atomic mass is 10.2. The molecular weight excluding hydrogens is 498 g/mol. The number of rotatable bonds is 10. The molecule has 37 heavy (non-hydrogen) atoms. The third-order valence-electron chi connectivity index (χ3n) is 5.49. The third-order valence-corrected chi connectivity index (χ3v) is 6.81. The van der Waals surface area contributed by atoms with Crippen molar-refractivity contribution in [1.82, 2.24) is 29.7 Å². The third kappa shape index (κ3) is 5.37. The molecule has 3 atom stereocenters. The number of aliphatic hydroxyl groups excluding tert-OH is 1. The van der Waals surface area contributed by atoms with Crippen LogP contribution in [0.15, 0.2) is 48.8 Å². The first-order valence-electron chi connectivity index (χ1n) is 11.2. The van der Waals surface area contributed by atoms with Crippen molar-refractivity contribution in [2.45, 2.75) is 25.2 Å². The van der Waals surface area contributed by atoms with Gasteiger partial charge in [0.1, 0.15) is 40.0 Å². The highest BCUT2D eigenvalue weighted by Gasteiger charge is 2.29. The number of hydrogen-bond donors (Lipinski definition) is 2. The van der Waals surface area contributed by atoms with Gasteiger partial charge in [-0.1, -0.05) is 12.1 Å². The first kappa shape index (κ1) is 26.0. The molecule has 4 rings (SSSR count). The van der Waals surface area contributed by atoms with Crippen LogP contribution in [0.4, 0.5) is 5.95 Å². The maximum absolute atomic E-state index is 13.3. The molecule has 3 unspecified atom stereocenters. The number of aryl methyl sites for hydroxylation is 1. The summed E-state index contributed by atoms with van der Waals surface area (Å²) in [5, 5.41) is 18.5. The SMILES string of the molecule is COc1cccc(-c2nnc(NS(=O)C(C)C(O)c3ncc(C)cn3)n2-c2c(OC)cccc2OC)n1. The fraction of sp³-hybridized carbons (Fsp3) is 0.292. The van der Waals surface area contributed by atoms with Crippen LogP contribution in [0.3, 0.4) is 0 Å². The minimum Gasteiger partial charge on any atom is -0.494 e. The molecule has 0 saturated carbocycles. The minimum absolute atomic E-state index is 0.115. The van der Waals surface area contributed by atoms with Crippen molar-refractivity contribution in [2.75, 3.05) is 26.1 Å². The number of benzene rings is 1. The van der Waals surface area contributed by atoms with E-state index in [-0.39, 0.29) is 11.8 Å². The van der Waals surface area contributed by atoms with Gasteiger partial charge in [0.2, 0.25) is 11.8 Å². The second-order valence-corrected chi connectivity index (χ2v) is 9.47. The van der Waals surface area contributed by atoms with Gasteiger partial charge in [-0.25, -0.2) is 19.2 Å². The summed E-state index contributed by atoms with van der Waals surface area (Å²) in [6, 6.07) is 10.5. The van der Waals surface area contributed by atoms with E-state index in [0.717, 1.165) is 5.56 Å². The van der Waals surface area contributed by atoms with Crippen LogP contribution in [-0.2, 0) is 11.0 Å². The van der Waals surface area contributed by atoms with Gasteiger partial charge < -0.3 is 19.3 Å². The molecule has 0 saturated heterocycles. The Morgan fingerprint density at radius 1 is 0.973 bits per heavy atom. The van der Waals surface area contributed by atoms with E-state index in [1.54, 1.807) is 60.3 Å². The van der Waals surface area contributed by atoms with Crippen LogP contribution in [0.25, 0.3) is 17.2 Å². The molecule has 0 aliphatic carbocycles. The van der Waals surface area contributed by atoms with Crippen molar-refractivity contribution in [2.24, 2.45) is 0 Å². The Kier molecular flexibility index (Phi) is 7.94. The molecule has 1 aromatic carbocycles. The van der Waals surface area contributed by atoms with Gasteiger partial charge in [-0.05, 0) is 37.6 Å². The number of nitrogens with one attached hydrogen (secondary N) is 1. The van der Waals surface area contributed by atoms with Gasteiger partial charge in [-0.2, -0.15) is 0 Å². The second kappa shape index (κ2) is 11.3. The summed E-state index contributed by atoms with van der Waals surface area (Å²) in [6.45, 7) is 3.46. The quantitative estimate of drug-likeness (QED) is 0.317. The van der Waals surface area contributed by atoms with E-state index in [2.05, 4.69) is 29.9 Å². The van der Waals surface area contributed by atoms with Gasteiger partial charge in [0.25, 0.3) is 0 Å². The van der Waals surface area contributed by atoms with E-state index in [1.165, 1.54) is 21.3 Å². The van der Waals surface area contributed by atoms with Gasteiger partial charge in [-0.3, -0.25) is 9.29 Å². The predicted octanol–water partition coefficient (Wildman–Crippen LogP) is 2.65. The number of pyridine rings is 1. The van der Waals surface area contributed by atoms with E-state index < -0.39 is 22.3 Å². The van der Waals surface area contributed by atoms with E-state index in [0.29, 0.717) is 34.6 Å². The first-order valence-corrected chi connectivity index (χ1v) is 12.4. The molecule has 0 radical (unpaired) electrons. The zero-order chi connectivity index (χ0) is 26.5. The minimum atomic E-state index is -1.83. The standard InChI is InChI=1S/C24H27N7O5S/c1-14-12-25-22(26-13-14)21(32)15(2)37(33)30-24-29-28-23(16-8-6-11-19(27-16)36-5)31(24)20-17(34-3)9-7-10-18(20)35-4/h6-13,15,21,32H,1-5H3,(H,29,30). The lowest BCUT2D eigenvalue weighted by Crippen LogP contribution is -2.27. The highest BCUT2D eigenvalue weighted by Crippen LogP contribution is 2.37. The number of ether oxygens (including phenoxy) is 3. The molecule has 3 aromatic heterocycles. The molecule has 0 spiro atoms. The average molecular weight is 526 g/mol. The lowest BCUT2D eigenvalue weighted by Gasteiger charge is -2.20. The normalized spacial score (nSPS) is 13.5. The molecule has 13 heteroatoms. The highest BCUT2D eigenvalue weighted by molar-refractivity contribution is 7.87. The van der Waals surface area contributed by atoms with E-state index in [4.69, 9.17) is 14.2 Å². The molecule has 2 N–H and O–H groups in total. The maximum Gasteiger partial charge on any atom is 0.241 e. The van der Waals surface area contributed by atoms with Crippen LogP contribution in [0.1, 0.15) is 24.4 Å². The van der Waals surface area contributed by atoms with Crippen molar-refractivity contribution in [1.29, 1.82) is 0 Å². The fourth-order valence-corrected chi connectivity index (χ4v) is 4.35. The summed E-state index contributed by atoms with van der Waals surface area (Å²) in [7, 11) is 2.73. The topological polar surface area (TPSA) is 146 Å². The van der Waals surface area contributed by atoms with Crippen molar-refractivity contribution in [3.05, 3.63) is 60.2 Å². The Hall–Kier alpha value is -4.10. The molecule has 194 valence electrons. The number of aliphatic hydroxyl groups is 1. The summed E-state index contributed by atoms with van der Waals surface area (Å²) >= 11 is 0. The van der Waals surface area contributed by atoms with E-state index in [9.17, 15) is 9.32 Å². The summed E-state index contributed by atoms with van der Waals surface area (Å²) in [4.78, 5) is 12.8. The van der Waals surface area contributed by atoms with Crippen LogP contribution in [-0.4, -0.2) is 65.6 Å². The number of hydrogen-bond acceptors (Lipinski definition) is 10. The highest BCUT2D eigenvalue weighted by atomic mass is 32.2. The average Bonchev–Trinajstić information content (AvgIpc) is 3.34. The zero-order valence-corrected chi connectivity index (χ0v) is 21.8. The van der Waals surface area contributed by atoms with Crippen molar-refractivity contribution in [3.8, 4) is 34.6 Å². The molecule has 0 aliphatic rings. The van der Waals surface area contributed by atoms with Gasteiger partial charge in [0, 0.05) is 18.5 Å². The fourth-order valence-electron chi connectivity index (χ4n) is 3.50. The van der Waals surface area contributed by atoms with Crippen LogP contribution in [0, 0.1) is 6.92 Å². The van der Waals surface area contributed by atoms with Gasteiger partial charge in [0.05, 0.1) is 26.6 Å². The predicted molar refractivity (Wildman–Crippen MR) is 137 cm³/mol. The van der Waals surface area contributed by atoms with E-state index >= 15 is 0 Å². The van der Waals surface area contributed by atoms with Crippen LogP contribution < -0.4 is 18.9 Å². The zero-order valence-electron chi connectivity index (χ0n) is 20.9. The summed E-state index contributed by atoms with van der Waals surface area (Å²) in [6.07, 6.45) is 1.99. The molecule has 3 heterocycles. The molecule has 4 aromatic rings. The largest absolute Gasteiger partial charge is 0.494 e. The van der Waals surface area contributed by atoms with Crippen molar-refractivity contribution in [3.63, 3.8) is 0 Å². The Morgan fingerprint density at radius 3 is 2.24 bits per heavy atom. The maximum atomic E-state index is 13.3. The Morgan fingerprint density at radius 2 is 1.62 bits per heavy atom. The molecule has 0 bridgehead atoms. The Bertz CT molecular complexity index is 1370. The molecule has 0 aliphatic heterocycles. The molecule has 0 amide bonds. The Labute approximate surface area is 216 Å². The first-order chi connectivity index (χ1) is 17.9. The van der Waals surface area contributed by atoms with Crippen LogP contribution in [0.5, 0.6) is 17.4 Å². The molecular formula is C24H27N7O5S. The number of nitrogens with zero attached hydrogens (tertiary/aromatic N) is 6. The van der Waals surface area contributed by atoms with Gasteiger partial charge >= 0.3 is 0 Å². The monoisotopic (exact) mass is 525 g/mol. The van der Waals surface area contributed by atoms with Gasteiger partial charge in [-0.15, -0.1) is 10.2 Å². The van der Waals surface area contributed by atoms with Crippen molar-refractivity contribution < 1.29 is 23.5 Å². The molecule has 12 nitrogen and oxygen atoms in total. The number of aromatic nitrogens is 6. The summed E-state index contributed by atoms with van der Waals surface area (Å²) in [5.74, 6) is 1.90.